The van der Waals surface area contributed by atoms with Crippen molar-refractivity contribution in [1.82, 2.24) is 9.55 Å². The predicted molar refractivity (Wildman–Crippen MR) is 59.2 cm³/mol. The zero-order valence-corrected chi connectivity index (χ0v) is 9.17. The van der Waals surface area contributed by atoms with E-state index in [4.69, 9.17) is 11.6 Å². The van der Waals surface area contributed by atoms with E-state index in [0.717, 1.165) is 28.6 Å². The highest BCUT2D eigenvalue weighted by atomic mass is 35.5. The Labute approximate surface area is 88.2 Å². The van der Waals surface area contributed by atoms with Crippen molar-refractivity contribution in [3.05, 3.63) is 27.6 Å². The van der Waals surface area contributed by atoms with E-state index in [9.17, 15) is 0 Å². The smallest absolute Gasteiger partial charge is 0.0955 e. The van der Waals surface area contributed by atoms with Crippen LogP contribution in [0.4, 0.5) is 0 Å². The minimum Gasteiger partial charge on any atom is -0.334 e. The van der Waals surface area contributed by atoms with Crippen molar-refractivity contribution in [2.45, 2.75) is 19.8 Å². The Morgan fingerprint density at radius 1 is 1.57 bits per heavy atom. The summed E-state index contributed by atoms with van der Waals surface area (Å²) in [5, 5.41) is 3.00. The molecule has 0 fully saturated rings. The van der Waals surface area contributed by atoms with Crippen LogP contribution in [-0.2, 0) is 7.05 Å². The second-order valence-corrected chi connectivity index (χ2v) is 3.89. The molecule has 0 amide bonds. The van der Waals surface area contributed by atoms with Gasteiger partial charge in [0.2, 0.25) is 0 Å². The lowest BCUT2D eigenvalue weighted by molar-refractivity contribution is 0.881. The maximum absolute atomic E-state index is 6.21. The van der Waals surface area contributed by atoms with Crippen LogP contribution >= 0.6 is 11.6 Å². The zero-order chi connectivity index (χ0) is 10.1. The first kappa shape index (κ1) is 9.53. The van der Waals surface area contributed by atoms with E-state index >= 15 is 0 Å². The number of imidazole rings is 1. The molecule has 0 spiro atoms. The summed E-state index contributed by atoms with van der Waals surface area (Å²) in [6.45, 7) is 2.13. The lowest BCUT2D eigenvalue weighted by Crippen LogP contribution is -2.28. The van der Waals surface area contributed by atoms with Gasteiger partial charge >= 0.3 is 0 Å². The Balaban J connectivity index is 2.68. The van der Waals surface area contributed by atoms with Gasteiger partial charge in [0.1, 0.15) is 0 Å². The molecular formula is C11H13ClN2. The van der Waals surface area contributed by atoms with Crippen LogP contribution in [0.3, 0.4) is 0 Å². The van der Waals surface area contributed by atoms with Crippen LogP contribution in [0.2, 0.25) is 0 Å². The van der Waals surface area contributed by atoms with Crippen LogP contribution in [-0.4, -0.2) is 9.55 Å². The highest BCUT2D eigenvalue weighted by Gasteiger charge is 2.04. The molecule has 0 unspecified atom stereocenters. The summed E-state index contributed by atoms with van der Waals surface area (Å²) < 4.78 is 1.99. The van der Waals surface area contributed by atoms with E-state index in [0.29, 0.717) is 0 Å². The van der Waals surface area contributed by atoms with Crippen molar-refractivity contribution < 1.29 is 0 Å². The van der Waals surface area contributed by atoms with Gasteiger partial charge in [0.25, 0.3) is 0 Å². The SMILES string of the molecule is CCC1=C(Cl)C=c2c(ncn2C)=CC1. The third-order valence-corrected chi connectivity index (χ3v) is 2.96. The standard InChI is InChI=1S/C11H13ClN2/c1-3-8-4-5-10-11(6-9(8)12)14(2)7-13-10/h5-7H,3-4H2,1-2H3. The van der Waals surface area contributed by atoms with Gasteiger partial charge in [0.15, 0.2) is 0 Å². The van der Waals surface area contributed by atoms with Crippen molar-refractivity contribution in [1.29, 1.82) is 0 Å². The molecule has 0 aliphatic heterocycles. The molecule has 0 saturated heterocycles. The first-order valence-corrected chi connectivity index (χ1v) is 5.17. The summed E-state index contributed by atoms with van der Waals surface area (Å²) in [5.41, 5.74) is 1.28. The maximum atomic E-state index is 6.21. The van der Waals surface area contributed by atoms with E-state index in [-0.39, 0.29) is 0 Å². The molecule has 0 saturated carbocycles. The summed E-state index contributed by atoms with van der Waals surface area (Å²) in [5.74, 6) is 0. The monoisotopic (exact) mass is 208 g/mol. The van der Waals surface area contributed by atoms with Gasteiger partial charge in [-0.05, 0) is 24.5 Å². The lowest BCUT2D eigenvalue weighted by Gasteiger charge is -1.99. The number of nitrogens with zero attached hydrogens (tertiary/aromatic N) is 2. The number of aromatic nitrogens is 2. The van der Waals surface area contributed by atoms with E-state index in [2.05, 4.69) is 18.0 Å². The molecule has 1 aromatic rings. The maximum Gasteiger partial charge on any atom is 0.0955 e. The average Bonchev–Trinajstić information content (AvgIpc) is 2.44. The summed E-state index contributed by atoms with van der Waals surface area (Å²) in [6.07, 6.45) is 7.88. The molecule has 1 aliphatic rings. The molecule has 2 nitrogen and oxygen atoms in total. The second kappa shape index (κ2) is 3.62. The molecule has 14 heavy (non-hydrogen) atoms. The van der Waals surface area contributed by atoms with E-state index < -0.39 is 0 Å². The van der Waals surface area contributed by atoms with E-state index in [1.54, 1.807) is 0 Å². The number of hydrogen-bond acceptors (Lipinski definition) is 1. The fraction of sp³-hybridized carbons (Fsp3) is 0.364. The van der Waals surface area contributed by atoms with E-state index in [1.807, 2.05) is 24.0 Å². The van der Waals surface area contributed by atoms with Crippen molar-refractivity contribution >= 4 is 23.8 Å². The fourth-order valence-electron chi connectivity index (χ4n) is 1.64. The van der Waals surface area contributed by atoms with Crippen molar-refractivity contribution in [2.24, 2.45) is 7.05 Å². The zero-order valence-electron chi connectivity index (χ0n) is 8.42. The number of aryl methyl sites for hydroxylation is 1. The predicted octanol–water partition coefficient (Wildman–Crippen LogP) is 1.29. The first-order chi connectivity index (χ1) is 6.72. The normalized spacial score (nSPS) is 15.6. The molecule has 1 aromatic heterocycles. The largest absolute Gasteiger partial charge is 0.334 e. The average molecular weight is 209 g/mol. The van der Waals surface area contributed by atoms with Crippen LogP contribution in [0.25, 0.3) is 12.2 Å². The topological polar surface area (TPSA) is 17.8 Å². The molecule has 0 N–H and O–H groups in total. The molecule has 0 bridgehead atoms. The Kier molecular flexibility index (Phi) is 2.46. The Bertz CT molecular complexity index is 494. The first-order valence-electron chi connectivity index (χ1n) is 4.79. The number of halogens is 1. The summed E-state index contributed by atoms with van der Waals surface area (Å²) in [6, 6.07) is 0. The lowest BCUT2D eigenvalue weighted by atomic mass is 10.1. The van der Waals surface area contributed by atoms with Gasteiger partial charge in [-0.1, -0.05) is 24.6 Å². The molecule has 74 valence electrons. The summed E-state index contributed by atoms with van der Waals surface area (Å²) >= 11 is 6.21. The van der Waals surface area contributed by atoms with Gasteiger partial charge in [-0.25, -0.2) is 4.98 Å². The number of allylic oxidation sites excluding steroid dienone is 2. The van der Waals surface area contributed by atoms with Crippen LogP contribution in [0.15, 0.2) is 16.9 Å². The molecule has 1 aliphatic carbocycles. The van der Waals surface area contributed by atoms with Gasteiger partial charge in [0.05, 0.1) is 17.0 Å². The van der Waals surface area contributed by atoms with Crippen LogP contribution < -0.4 is 10.7 Å². The highest BCUT2D eigenvalue weighted by Crippen LogP contribution is 2.19. The van der Waals surface area contributed by atoms with Crippen LogP contribution in [0, 0.1) is 0 Å². The molecule has 3 heteroatoms. The van der Waals surface area contributed by atoms with Crippen molar-refractivity contribution in [3.63, 3.8) is 0 Å². The number of hydrogen-bond donors (Lipinski definition) is 0. The number of rotatable bonds is 1. The van der Waals surface area contributed by atoms with Gasteiger partial charge in [-0.2, -0.15) is 0 Å². The molecule has 0 atom stereocenters. The Morgan fingerprint density at radius 3 is 3.07 bits per heavy atom. The third kappa shape index (κ3) is 1.50. The molecular weight excluding hydrogens is 196 g/mol. The summed E-state index contributed by atoms with van der Waals surface area (Å²) in [7, 11) is 1.98. The second-order valence-electron chi connectivity index (χ2n) is 3.48. The van der Waals surface area contributed by atoms with Gasteiger partial charge in [-0.3, -0.25) is 0 Å². The van der Waals surface area contributed by atoms with Gasteiger partial charge in [0, 0.05) is 12.1 Å². The minimum atomic E-state index is 0.867. The Hall–Kier alpha value is -1.02. The third-order valence-electron chi connectivity index (χ3n) is 2.58. The van der Waals surface area contributed by atoms with Gasteiger partial charge < -0.3 is 4.57 Å². The molecule has 0 radical (unpaired) electrons. The minimum absolute atomic E-state index is 0.867. The molecule has 0 aromatic carbocycles. The molecule has 2 rings (SSSR count). The quantitative estimate of drug-likeness (QED) is 0.680. The van der Waals surface area contributed by atoms with Crippen molar-refractivity contribution in [2.75, 3.05) is 0 Å². The van der Waals surface area contributed by atoms with Crippen LogP contribution in [0.1, 0.15) is 19.8 Å². The molecule has 1 heterocycles. The Morgan fingerprint density at radius 2 is 2.36 bits per heavy atom. The summed E-state index contributed by atoms with van der Waals surface area (Å²) in [4.78, 5) is 4.31. The van der Waals surface area contributed by atoms with Gasteiger partial charge in [-0.15, -0.1) is 0 Å². The van der Waals surface area contributed by atoms with Crippen molar-refractivity contribution in [3.8, 4) is 0 Å². The fourth-order valence-corrected chi connectivity index (χ4v) is 1.96. The van der Waals surface area contributed by atoms with Crippen LogP contribution in [0.5, 0.6) is 0 Å². The number of fused-ring (bicyclic) bond motifs is 1. The van der Waals surface area contributed by atoms with E-state index in [1.165, 1.54) is 5.57 Å². The highest BCUT2D eigenvalue weighted by molar-refractivity contribution is 6.34.